The first kappa shape index (κ1) is 18.4. The van der Waals surface area contributed by atoms with Crippen LogP contribution in [0.4, 0.5) is 0 Å². The maximum Gasteiger partial charge on any atom is 0.207 e. The molecule has 1 atom stereocenters. The SMILES string of the molecule is COc1ccc(C[NH+](C)Cn2nc(C)n(-c3ccc(C)cc3)c2=S)cc1. The molecule has 1 aromatic heterocycles. The number of hydrogen-bond acceptors (Lipinski definition) is 3. The molecule has 0 saturated heterocycles. The monoisotopic (exact) mass is 369 g/mol. The molecule has 0 aliphatic rings. The predicted octanol–water partition coefficient (Wildman–Crippen LogP) is 2.70. The zero-order valence-electron chi connectivity index (χ0n) is 15.7. The fourth-order valence-corrected chi connectivity index (χ4v) is 3.36. The minimum absolute atomic E-state index is 0.713. The third-order valence-electron chi connectivity index (χ3n) is 4.38. The molecule has 0 spiro atoms. The van der Waals surface area contributed by atoms with Gasteiger partial charge in [0.1, 0.15) is 18.1 Å². The highest BCUT2D eigenvalue weighted by atomic mass is 32.1. The fourth-order valence-electron chi connectivity index (χ4n) is 3.01. The third-order valence-corrected chi connectivity index (χ3v) is 4.77. The lowest BCUT2D eigenvalue weighted by molar-refractivity contribution is -0.917. The van der Waals surface area contributed by atoms with Crippen molar-refractivity contribution in [2.75, 3.05) is 14.2 Å². The summed E-state index contributed by atoms with van der Waals surface area (Å²) in [5.41, 5.74) is 3.54. The van der Waals surface area contributed by atoms with E-state index in [9.17, 15) is 0 Å². The Hall–Kier alpha value is -2.44. The van der Waals surface area contributed by atoms with Gasteiger partial charge in [0.15, 0.2) is 6.67 Å². The van der Waals surface area contributed by atoms with E-state index in [2.05, 4.69) is 55.5 Å². The van der Waals surface area contributed by atoms with Gasteiger partial charge in [-0.05, 0) is 62.5 Å². The van der Waals surface area contributed by atoms with E-state index >= 15 is 0 Å². The first-order valence-electron chi connectivity index (χ1n) is 8.65. The van der Waals surface area contributed by atoms with Gasteiger partial charge in [0.25, 0.3) is 0 Å². The Morgan fingerprint density at radius 1 is 1.04 bits per heavy atom. The van der Waals surface area contributed by atoms with Crippen molar-refractivity contribution in [3.05, 3.63) is 70.3 Å². The van der Waals surface area contributed by atoms with E-state index in [-0.39, 0.29) is 0 Å². The lowest BCUT2D eigenvalue weighted by Crippen LogP contribution is -3.07. The van der Waals surface area contributed by atoms with Gasteiger partial charge in [-0.3, -0.25) is 4.57 Å². The molecule has 5 nitrogen and oxygen atoms in total. The highest BCUT2D eigenvalue weighted by molar-refractivity contribution is 7.71. The molecular weight excluding hydrogens is 344 g/mol. The average Bonchev–Trinajstić information content (AvgIpc) is 2.90. The van der Waals surface area contributed by atoms with Crippen LogP contribution in [0.25, 0.3) is 5.69 Å². The second kappa shape index (κ2) is 7.85. The minimum Gasteiger partial charge on any atom is -0.497 e. The van der Waals surface area contributed by atoms with E-state index < -0.39 is 0 Å². The minimum atomic E-state index is 0.713. The summed E-state index contributed by atoms with van der Waals surface area (Å²) in [6, 6.07) is 16.5. The number of benzene rings is 2. The number of nitrogens with one attached hydrogen (secondary N) is 1. The molecule has 0 aliphatic heterocycles. The summed E-state index contributed by atoms with van der Waals surface area (Å²) < 4.78 is 9.87. The second-order valence-corrected chi connectivity index (χ2v) is 7.01. The number of aromatic nitrogens is 3. The van der Waals surface area contributed by atoms with Gasteiger partial charge in [0, 0.05) is 11.3 Å². The molecule has 0 radical (unpaired) electrons. The summed E-state index contributed by atoms with van der Waals surface area (Å²) >= 11 is 5.68. The first-order valence-corrected chi connectivity index (χ1v) is 9.06. The van der Waals surface area contributed by atoms with Crippen molar-refractivity contribution in [1.29, 1.82) is 0 Å². The van der Waals surface area contributed by atoms with Crippen LogP contribution < -0.4 is 9.64 Å². The van der Waals surface area contributed by atoms with Crippen molar-refractivity contribution in [2.45, 2.75) is 27.1 Å². The largest absolute Gasteiger partial charge is 0.497 e. The van der Waals surface area contributed by atoms with Gasteiger partial charge in [-0.15, -0.1) is 0 Å². The van der Waals surface area contributed by atoms with Crippen molar-refractivity contribution >= 4 is 12.2 Å². The molecule has 0 fully saturated rings. The molecule has 2 aromatic carbocycles. The zero-order valence-corrected chi connectivity index (χ0v) is 16.5. The maximum absolute atomic E-state index is 5.68. The summed E-state index contributed by atoms with van der Waals surface area (Å²) in [6.45, 7) is 5.68. The van der Waals surface area contributed by atoms with Crippen molar-refractivity contribution < 1.29 is 9.64 Å². The number of ether oxygens (including phenoxy) is 1. The van der Waals surface area contributed by atoms with Gasteiger partial charge in [-0.1, -0.05) is 17.7 Å². The number of rotatable bonds is 6. The molecule has 0 aliphatic carbocycles. The van der Waals surface area contributed by atoms with Crippen molar-refractivity contribution in [2.24, 2.45) is 0 Å². The lowest BCUT2D eigenvalue weighted by Gasteiger charge is -2.14. The summed E-state index contributed by atoms with van der Waals surface area (Å²) in [6.07, 6.45) is 0. The third kappa shape index (κ3) is 4.03. The zero-order chi connectivity index (χ0) is 18.7. The van der Waals surface area contributed by atoms with Crippen LogP contribution in [-0.4, -0.2) is 28.5 Å². The highest BCUT2D eigenvalue weighted by Crippen LogP contribution is 2.13. The summed E-state index contributed by atoms with van der Waals surface area (Å²) in [5, 5.41) is 4.65. The van der Waals surface area contributed by atoms with E-state index in [0.717, 1.165) is 28.6 Å². The highest BCUT2D eigenvalue weighted by Gasteiger charge is 2.12. The Kier molecular flexibility index (Phi) is 5.54. The summed E-state index contributed by atoms with van der Waals surface area (Å²) in [5.74, 6) is 1.78. The van der Waals surface area contributed by atoms with Crippen molar-refractivity contribution in [3.8, 4) is 11.4 Å². The fraction of sp³-hybridized carbons (Fsp3) is 0.300. The van der Waals surface area contributed by atoms with E-state index in [1.807, 2.05) is 28.3 Å². The number of nitrogens with zero attached hydrogens (tertiary/aromatic N) is 3. The molecule has 6 heteroatoms. The molecule has 3 aromatic rings. The van der Waals surface area contributed by atoms with Gasteiger partial charge < -0.3 is 9.64 Å². The Morgan fingerprint density at radius 3 is 2.31 bits per heavy atom. The van der Waals surface area contributed by atoms with Gasteiger partial charge in [-0.25, -0.2) is 0 Å². The Morgan fingerprint density at radius 2 is 1.69 bits per heavy atom. The summed E-state index contributed by atoms with van der Waals surface area (Å²) in [4.78, 5) is 1.31. The van der Waals surface area contributed by atoms with E-state index in [4.69, 9.17) is 17.0 Å². The van der Waals surface area contributed by atoms with Crippen LogP contribution >= 0.6 is 12.2 Å². The van der Waals surface area contributed by atoms with Crippen LogP contribution in [0.5, 0.6) is 5.75 Å². The van der Waals surface area contributed by atoms with Crippen LogP contribution in [0.15, 0.2) is 48.5 Å². The second-order valence-electron chi connectivity index (χ2n) is 6.64. The molecule has 0 amide bonds. The smallest absolute Gasteiger partial charge is 0.207 e. The molecule has 0 bridgehead atoms. The Bertz CT molecular complexity index is 926. The van der Waals surface area contributed by atoms with E-state index in [1.54, 1.807) is 7.11 Å². The van der Waals surface area contributed by atoms with E-state index in [0.29, 0.717) is 6.67 Å². The number of quaternary nitrogens is 1. The first-order chi connectivity index (χ1) is 12.5. The van der Waals surface area contributed by atoms with Crippen molar-refractivity contribution in [3.63, 3.8) is 0 Å². The average molecular weight is 370 g/mol. The predicted molar refractivity (Wildman–Crippen MR) is 105 cm³/mol. The van der Waals surface area contributed by atoms with Gasteiger partial charge in [-0.2, -0.15) is 9.78 Å². The van der Waals surface area contributed by atoms with Gasteiger partial charge >= 0.3 is 0 Å². The molecule has 136 valence electrons. The van der Waals surface area contributed by atoms with Crippen LogP contribution in [0.2, 0.25) is 0 Å². The van der Waals surface area contributed by atoms with Crippen LogP contribution in [0.1, 0.15) is 17.0 Å². The normalized spacial score (nSPS) is 12.2. The molecule has 26 heavy (non-hydrogen) atoms. The van der Waals surface area contributed by atoms with Crippen LogP contribution in [0.3, 0.4) is 0 Å². The quantitative estimate of drug-likeness (QED) is 0.679. The topological polar surface area (TPSA) is 36.4 Å². The Labute approximate surface area is 159 Å². The summed E-state index contributed by atoms with van der Waals surface area (Å²) in [7, 11) is 3.83. The van der Waals surface area contributed by atoms with E-state index in [1.165, 1.54) is 16.0 Å². The number of aryl methyl sites for hydroxylation is 2. The lowest BCUT2D eigenvalue weighted by atomic mass is 10.2. The maximum atomic E-state index is 5.68. The van der Waals surface area contributed by atoms with Gasteiger partial charge in [0.05, 0.1) is 14.2 Å². The molecule has 0 saturated carbocycles. The number of methoxy groups -OCH3 is 1. The molecule has 1 unspecified atom stereocenters. The molecular formula is C20H25N4OS+. The van der Waals surface area contributed by atoms with Crippen LogP contribution in [0, 0.1) is 18.6 Å². The van der Waals surface area contributed by atoms with Crippen LogP contribution in [-0.2, 0) is 13.2 Å². The van der Waals surface area contributed by atoms with Gasteiger partial charge in [0.2, 0.25) is 4.77 Å². The molecule has 1 heterocycles. The molecule has 1 N–H and O–H groups in total. The Balaban J connectivity index is 1.76. The molecule has 3 rings (SSSR count). The van der Waals surface area contributed by atoms with Crippen molar-refractivity contribution in [1.82, 2.24) is 14.3 Å². The number of hydrogen-bond donors (Lipinski definition) is 1. The standard InChI is InChI=1S/C20H24N4OS/c1-15-5-9-18(10-6-15)24-16(2)21-23(20(24)26)14-22(3)13-17-7-11-19(25-4)12-8-17/h5-12H,13-14H2,1-4H3/p+1.